The molecule has 630 valence electrons. The fourth-order valence-corrected chi connectivity index (χ4v) is 15.9. The van der Waals surface area contributed by atoms with Gasteiger partial charge in [0.15, 0.2) is 0 Å². The normalized spacial score (nSPS) is 23.7. The summed E-state index contributed by atoms with van der Waals surface area (Å²) in [6, 6.07) is 0. The molecule has 0 saturated carbocycles. The third-order valence-electron chi connectivity index (χ3n) is 21.9. The molecular weight excluding hydrogens is 1420 g/mol. The Morgan fingerprint density at radius 3 is 0.809 bits per heavy atom. The summed E-state index contributed by atoms with van der Waals surface area (Å²) in [5.41, 5.74) is 0. The first-order valence-electron chi connectivity index (χ1n) is 41.6. The van der Waals surface area contributed by atoms with Crippen LogP contribution in [0.15, 0.2) is 48.6 Å². The summed E-state index contributed by atoms with van der Waals surface area (Å²) in [7, 11) is 0. The van der Waals surface area contributed by atoms with Crippen LogP contribution in [0, 0.1) is 88.8 Å². The molecule has 11 N–H and O–H groups in total. The molecule has 110 heavy (non-hydrogen) atoms. The largest absolute Gasteiger partial charge is 0.481 e. The second-order valence-corrected chi connectivity index (χ2v) is 30.4. The van der Waals surface area contributed by atoms with Crippen LogP contribution in [0.2, 0.25) is 0 Å². The van der Waals surface area contributed by atoms with Crippen LogP contribution in [0.25, 0.3) is 0 Å². The minimum Gasteiger partial charge on any atom is -0.481 e. The molecule has 0 bridgehead atoms. The fraction of sp³-hybridized carbons (Fsp3) is 0.776. The molecule has 15 atom stereocenters. The summed E-state index contributed by atoms with van der Waals surface area (Å²) in [6.45, 7) is 8.80. The number of hydrogen-bond donors (Lipinski definition) is 11. The average molecular weight is 1560 g/mol. The van der Waals surface area contributed by atoms with Gasteiger partial charge in [0.05, 0.1) is 67.9 Å². The van der Waals surface area contributed by atoms with Gasteiger partial charge in [0, 0.05) is 25.7 Å². The highest BCUT2D eigenvalue weighted by molar-refractivity contribution is 5.83. The van der Waals surface area contributed by atoms with E-state index in [0.29, 0.717) is 63.7 Å². The lowest BCUT2D eigenvalue weighted by atomic mass is 9.68. The maximum atomic E-state index is 11.9. The standard InChI is InChI=1S/C24H40O8.C22H36O7.C20H32O6.C19H32O4/c1-2-3-9-18-12-13-19(22(24(29)30)21(18)23(27)28)10-7-5-4-6-8-11-20(26)32-17-16-31-15-14-25;1-2-3-9-16-12-13-17(20(22(27)28)19(16)21(25)26)10-7-5-4-6-8-11-18(24)29-15-14-23;1-2-3-9-14-12-13-15(18(20(25)26)17(14)19(23)24)10-7-5-4-6-8-11-16(21)22;1-2-3-9-15-12-13-16(17(14-15)19(22)23)10-7-5-4-6-8-11-18(20)21/h12-13,18-19,21-22,25H,2-11,14-17H2,1H3,(H,27,28)(H,29,30);12-13,16-17,19-20,23H,2-11,14-15H2,1H3,(H,25,26)(H,27,28);12-15,17-18H,2-11H2,1H3,(H,21,22)(H,23,24)(H,25,26);12-13,15-17H,2-11,14H2,1H3,(H,20,21)(H,22,23). The molecule has 0 aromatic heterocycles. The second kappa shape index (κ2) is 62.5. The zero-order valence-electron chi connectivity index (χ0n) is 66.6. The Morgan fingerprint density at radius 2 is 0.527 bits per heavy atom. The summed E-state index contributed by atoms with van der Waals surface area (Å²) >= 11 is 0. The molecule has 0 radical (unpaired) electrons. The van der Waals surface area contributed by atoms with Crippen molar-refractivity contribution in [2.75, 3.05) is 39.6 Å². The van der Waals surface area contributed by atoms with Gasteiger partial charge >= 0.3 is 65.7 Å². The first-order chi connectivity index (χ1) is 52.8. The number of carbonyl (C=O) groups excluding carboxylic acids is 2. The van der Waals surface area contributed by atoms with Crippen molar-refractivity contribution in [2.24, 2.45) is 88.8 Å². The van der Waals surface area contributed by atoms with Crippen LogP contribution >= 0.6 is 0 Å². The number of esters is 2. The van der Waals surface area contributed by atoms with Gasteiger partial charge in [0.25, 0.3) is 0 Å². The number of rotatable bonds is 58. The van der Waals surface area contributed by atoms with Crippen LogP contribution in [0.1, 0.15) is 291 Å². The SMILES string of the molecule is CCCCC1C=CC(CCCCCCCC(=O)O)C(C(=O)O)C1.CCCCC1C=CC(CCCCCCCC(=O)O)C(C(=O)O)C1C(=O)O.CCCCC1C=CC(CCCCCCCC(=O)OCCO)C(C(=O)O)C1C(=O)O.CCCCC1C=CC(CCCCCCCC(=O)OCCOCCO)C(C(=O)O)C1C(=O)O. The van der Waals surface area contributed by atoms with Crippen LogP contribution in [0.3, 0.4) is 0 Å². The van der Waals surface area contributed by atoms with Gasteiger partial charge < -0.3 is 70.4 Å². The number of ether oxygens (including phenoxy) is 3. The number of hydrogen-bond acceptors (Lipinski definition) is 16. The van der Waals surface area contributed by atoms with Crippen LogP contribution in [-0.4, -0.2) is 161 Å². The van der Waals surface area contributed by atoms with E-state index in [0.717, 1.165) is 186 Å². The smallest absolute Gasteiger partial charge is 0.307 e. The van der Waals surface area contributed by atoms with E-state index < -0.39 is 89.2 Å². The Balaban J connectivity index is 0.000000738. The zero-order valence-corrected chi connectivity index (χ0v) is 66.6. The Morgan fingerprint density at radius 1 is 0.273 bits per heavy atom. The summed E-state index contributed by atoms with van der Waals surface area (Å²) in [4.78, 5) is 126. The van der Waals surface area contributed by atoms with Crippen LogP contribution in [0.4, 0.5) is 0 Å². The van der Waals surface area contributed by atoms with Gasteiger partial charge in [0.1, 0.15) is 13.2 Å². The number of carboxylic acids is 9. The molecule has 0 amide bonds. The number of carboxylic acid groups (broad SMARTS) is 9. The lowest BCUT2D eigenvalue weighted by molar-refractivity contribution is -0.158. The second-order valence-electron chi connectivity index (χ2n) is 30.4. The fourth-order valence-electron chi connectivity index (χ4n) is 15.9. The maximum absolute atomic E-state index is 11.9. The maximum Gasteiger partial charge on any atom is 0.307 e. The van der Waals surface area contributed by atoms with E-state index in [1.165, 1.54) is 6.42 Å². The highest BCUT2D eigenvalue weighted by atomic mass is 16.6. The Hall–Kier alpha value is -6.99. The van der Waals surface area contributed by atoms with Crippen molar-refractivity contribution in [3.63, 3.8) is 0 Å². The molecule has 4 aliphatic rings. The van der Waals surface area contributed by atoms with Crippen LogP contribution in [0.5, 0.6) is 0 Å². The molecule has 25 nitrogen and oxygen atoms in total. The summed E-state index contributed by atoms with van der Waals surface area (Å²) < 4.78 is 14.8. The third-order valence-corrected chi connectivity index (χ3v) is 21.9. The molecule has 0 aliphatic heterocycles. The molecule has 0 spiro atoms. The van der Waals surface area contributed by atoms with Gasteiger partial charge in [-0.2, -0.15) is 0 Å². The van der Waals surface area contributed by atoms with Crippen molar-refractivity contribution in [2.45, 2.75) is 291 Å². The minimum atomic E-state index is -1.02. The topological polar surface area (TPSA) is 438 Å². The molecular formula is C85H140O25. The lowest BCUT2D eigenvalue weighted by Crippen LogP contribution is -2.41. The molecule has 0 heterocycles. The predicted octanol–water partition coefficient (Wildman–Crippen LogP) is 16.4. The van der Waals surface area contributed by atoms with Crippen molar-refractivity contribution in [3.8, 4) is 0 Å². The Bertz CT molecular complexity index is 2740. The lowest BCUT2D eigenvalue weighted by Gasteiger charge is -2.35. The van der Waals surface area contributed by atoms with Crippen LogP contribution < -0.4 is 0 Å². The minimum absolute atomic E-state index is 0.0368. The van der Waals surface area contributed by atoms with E-state index in [1.54, 1.807) is 0 Å². The third kappa shape index (κ3) is 43.7. The number of aliphatic hydroxyl groups is 2. The average Bonchev–Trinajstić information content (AvgIpc) is 0.812. The monoisotopic (exact) mass is 1560 g/mol. The van der Waals surface area contributed by atoms with E-state index in [2.05, 4.69) is 19.1 Å². The van der Waals surface area contributed by atoms with Crippen LogP contribution in [-0.2, 0) is 67.0 Å². The Kier molecular flexibility index (Phi) is 57.4. The van der Waals surface area contributed by atoms with Gasteiger partial charge in [-0.1, -0.05) is 230 Å². The van der Waals surface area contributed by atoms with Gasteiger partial charge in [0.2, 0.25) is 0 Å². The van der Waals surface area contributed by atoms with Gasteiger partial charge in [-0.05, 0) is 131 Å². The van der Waals surface area contributed by atoms with Crippen molar-refractivity contribution < 1.29 is 123 Å². The van der Waals surface area contributed by atoms with Gasteiger partial charge in [-0.3, -0.25) is 52.7 Å². The summed E-state index contributed by atoms with van der Waals surface area (Å²) in [6.07, 6.45) is 49.5. The quantitative estimate of drug-likeness (QED) is 0.0153. The number of allylic oxidation sites excluding steroid dienone is 8. The number of aliphatic carboxylic acids is 9. The van der Waals surface area contributed by atoms with Crippen molar-refractivity contribution in [3.05, 3.63) is 48.6 Å². The van der Waals surface area contributed by atoms with Gasteiger partial charge in [-0.25, -0.2) is 0 Å². The van der Waals surface area contributed by atoms with Crippen molar-refractivity contribution in [1.82, 2.24) is 0 Å². The van der Waals surface area contributed by atoms with E-state index in [1.807, 2.05) is 57.2 Å². The first-order valence-corrected chi connectivity index (χ1v) is 41.6. The number of aliphatic hydroxyl groups excluding tert-OH is 2. The summed E-state index contributed by atoms with van der Waals surface area (Å²) in [5, 5.41) is 102. The number of carbonyl (C=O) groups is 11. The van der Waals surface area contributed by atoms with E-state index in [9.17, 15) is 88.5 Å². The van der Waals surface area contributed by atoms with E-state index >= 15 is 0 Å². The Labute approximate surface area is 653 Å². The number of unbranched alkanes of at least 4 members (excludes halogenated alkanes) is 20. The summed E-state index contributed by atoms with van der Waals surface area (Å²) in [5.74, 6) is -15.0. The first kappa shape index (κ1) is 101. The highest BCUT2D eigenvalue weighted by Gasteiger charge is 2.47. The molecule has 25 heteroatoms. The van der Waals surface area contributed by atoms with E-state index in [-0.39, 0.29) is 112 Å². The zero-order chi connectivity index (χ0) is 82.0. The van der Waals surface area contributed by atoms with Crippen molar-refractivity contribution in [1.29, 1.82) is 0 Å². The van der Waals surface area contributed by atoms with Crippen molar-refractivity contribution >= 4 is 65.7 Å². The molecule has 0 aromatic carbocycles. The molecule has 0 aromatic rings. The molecule has 15 unspecified atom stereocenters. The highest BCUT2D eigenvalue weighted by Crippen LogP contribution is 2.43. The predicted molar refractivity (Wildman–Crippen MR) is 417 cm³/mol. The molecule has 4 aliphatic carbocycles. The van der Waals surface area contributed by atoms with Gasteiger partial charge in [-0.15, -0.1) is 0 Å². The molecule has 4 rings (SSSR count). The molecule has 0 saturated heterocycles. The molecule has 0 fully saturated rings. The van der Waals surface area contributed by atoms with E-state index in [4.69, 9.17) is 34.6 Å².